The van der Waals surface area contributed by atoms with Gasteiger partial charge >= 0.3 is 0 Å². The maximum atomic E-state index is 13.1. The predicted octanol–water partition coefficient (Wildman–Crippen LogP) is 1.76. The van der Waals surface area contributed by atoms with Crippen molar-refractivity contribution >= 4 is 27.5 Å². The molecule has 11 heteroatoms. The van der Waals surface area contributed by atoms with Gasteiger partial charge in [-0.2, -0.15) is 5.10 Å². The van der Waals surface area contributed by atoms with Crippen molar-refractivity contribution < 1.29 is 4.79 Å². The van der Waals surface area contributed by atoms with Crippen LogP contribution in [0, 0.1) is 0 Å². The zero-order valence-corrected chi connectivity index (χ0v) is 16.4. The third-order valence-corrected chi connectivity index (χ3v) is 5.17. The van der Waals surface area contributed by atoms with E-state index in [2.05, 4.69) is 46.2 Å². The molecular formula is C17H14BrN9O. The van der Waals surface area contributed by atoms with Gasteiger partial charge in [-0.3, -0.25) is 4.79 Å². The first-order valence-corrected chi connectivity index (χ1v) is 9.42. The fourth-order valence-corrected chi connectivity index (χ4v) is 3.68. The molecule has 1 unspecified atom stereocenters. The number of hydrogen-bond donors (Lipinski definition) is 0. The third-order valence-electron chi connectivity index (χ3n) is 4.76. The molecule has 5 heterocycles. The van der Waals surface area contributed by atoms with Crippen LogP contribution in [-0.4, -0.2) is 56.7 Å². The lowest BCUT2D eigenvalue weighted by Crippen LogP contribution is -2.41. The van der Waals surface area contributed by atoms with Crippen LogP contribution in [0.4, 0.5) is 0 Å². The standard InChI is InChI=1S/C17H14BrN9O/c1-10-15-22-23-16(12-2-3-19-9-21-12)26(15)5-4-25(10)17(28)13-6-14-20-7-11(18)8-27(14)24-13/h2-3,6-10H,4-5H2,1H3. The van der Waals surface area contributed by atoms with Gasteiger partial charge in [-0.25, -0.2) is 19.5 Å². The average Bonchev–Trinajstić information content (AvgIpc) is 3.32. The van der Waals surface area contributed by atoms with E-state index in [1.165, 1.54) is 6.33 Å². The first-order valence-electron chi connectivity index (χ1n) is 8.63. The summed E-state index contributed by atoms with van der Waals surface area (Å²) in [7, 11) is 0. The number of aromatic nitrogens is 8. The van der Waals surface area contributed by atoms with Crippen molar-refractivity contribution in [3.8, 4) is 11.5 Å². The molecular weight excluding hydrogens is 426 g/mol. The van der Waals surface area contributed by atoms with Crippen LogP contribution >= 0.6 is 15.9 Å². The van der Waals surface area contributed by atoms with Crippen molar-refractivity contribution in [1.29, 1.82) is 0 Å². The molecule has 4 aromatic rings. The highest BCUT2D eigenvalue weighted by molar-refractivity contribution is 9.10. The second-order valence-electron chi connectivity index (χ2n) is 6.41. The Labute approximate surface area is 167 Å². The summed E-state index contributed by atoms with van der Waals surface area (Å²) in [4.78, 5) is 27.3. The average molecular weight is 440 g/mol. The van der Waals surface area contributed by atoms with Crippen LogP contribution in [0.1, 0.15) is 29.3 Å². The van der Waals surface area contributed by atoms with Crippen LogP contribution in [0.15, 0.2) is 41.5 Å². The van der Waals surface area contributed by atoms with Gasteiger partial charge in [-0.05, 0) is 28.9 Å². The first-order chi connectivity index (χ1) is 13.6. The molecule has 0 aromatic carbocycles. The summed E-state index contributed by atoms with van der Waals surface area (Å²) in [6.07, 6.45) is 6.59. The molecule has 0 spiro atoms. The van der Waals surface area contributed by atoms with Crippen molar-refractivity contribution in [3.05, 3.63) is 53.0 Å². The number of carbonyl (C=O) groups excluding carboxylic acids is 1. The van der Waals surface area contributed by atoms with E-state index in [0.717, 1.165) is 10.3 Å². The number of halogens is 1. The quantitative estimate of drug-likeness (QED) is 0.468. The molecule has 140 valence electrons. The normalized spacial score (nSPS) is 16.4. The van der Waals surface area contributed by atoms with E-state index in [-0.39, 0.29) is 11.9 Å². The van der Waals surface area contributed by atoms with Gasteiger partial charge in [0, 0.05) is 37.7 Å². The molecule has 0 saturated carbocycles. The summed E-state index contributed by atoms with van der Waals surface area (Å²) in [6, 6.07) is 3.24. The molecule has 1 atom stereocenters. The van der Waals surface area contributed by atoms with Gasteiger partial charge in [-0.15, -0.1) is 10.2 Å². The number of fused-ring (bicyclic) bond motifs is 2. The molecule has 28 heavy (non-hydrogen) atoms. The highest BCUT2D eigenvalue weighted by atomic mass is 79.9. The molecule has 10 nitrogen and oxygen atoms in total. The zero-order valence-electron chi connectivity index (χ0n) is 14.8. The van der Waals surface area contributed by atoms with Gasteiger partial charge in [0.25, 0.3) is 5.91 Å². The van der Waals surface area contributed by atoms with E-state index in [1.54, 1.807) is 40.1 Å². The molecule has 5 rings (SSSR count). The van der Waals surface area contributed by atoms with Gasteiger partial charge in [0.15, 0.2) is 23.0 Å². The second kappa shape index (κ2) is 6.44. The van der Waals surface area contributed by atoms with Crippen molar-refractivity contribution in [1.82, 2.24) is 44.2 Å². The summed E-state index contributed by atoms with van der Waals surface area (Å²) in [6.45, 7) is 3.04. The topological polar surface area (TPSA) is 107 Å². The van der Waals surface area contributed by atoms with Crippen LogP contribution in [-0.2, 0) is 6.54 Å². The molecule has 0 radical (unpaired) electrons. The molecule has 1 aliphatic heterocycles. The molecule has 1 amide bonds. The van der Waals surface area contributed by atoms with Gasteiger partial charge in [0.1, 0.15) is 12.0 Å². The monoisotopic (exact) mass is 439 g/mol. The molecule has 0 saturated heterocycles. The van der Waals surface area contributed by atoms with Gasteiger partial charge in [-0.1, -0.05) is 0 Å². The van der Waals surface area contributed by atoms with E-state index < -0.39 is 0 Å². The zero-order chi connectivity index (χ0) is 19.3. The number of rotatable bonds is 2. The summed E-state index contributed by atoms with van der Waals surface area (Å²) >= 11 is 3.36. The van der Waals surface area contributed by atoms with Gasteiger partial charge < -0.3 is 9.47 Å². The number of carbonyl (C=O) groups is 1. The highest BCUT2D eigenvalue weighted by Gasteiger charge is 2.33. The first kappa shape index (κ1) is 16.9. The number of hydrogen-bond acceptors (Lipinski definition) is 7. The largest absolute Gasteiger partial charge is 0.325 e. The van der Waals surface area contributed by atoms with Crippen LogP contribution in [0.2, 0.25) is 0 Å². The Morgan fingerprint density at radius 2 is 2.14 bits per heavy atom. The Balaban J connectivity index is 1.46. The Morgan fingerprint density at radius 3 is 2.96 bits per heavy atom. The molecule has 0 N–H and O–H groups in total. The fraction of sp³-hybridized carbons (Fsp3) is 0.235. The predicted molar refractivity (Wildman–Crippen MR) is 101 cm³/mol. The van der Waals surface area contributed by atoms with Crippen molar-refractivity contribution in [2.24, 2.45) is 0 Å². The van der Waals surface area contributed by atoms with Gasteiger partial charge in [0.05, 0.1) is 10.5 Å². The Morgan fingerprint density at radius 1 is 1.25 bits per heavy atom. The lowest BCUT2D eigenvalue weighted by atomic mass is 10.2. The minimum absolute atomic E-state index is 0.160. The Bertz CT molecular complexity index is 1190. The third kappa shape index (κ3) is 2.66. The van der Waals surface area contributed by atoms with E-state index >= 15 is 0 Å². The van der Waals surface area contributed by atoms with E-state index in [9.17, 15) is 4.79 Å². The van der Waals surface area contributed by atoms with Crippen molar-refractivity contribution in [3.63, 3.8) is 0 Å². The van der Waals surface area contributed by atoms with Crippen molar-refractivity contribution in [2.75, 3.05) is 6.54 Å². The summed E-state index contributed by atoms with van der Waals surface area (Å²) in [5.41, 5.74) is 1.67. The summed E-state index contributed by atoms with van der Waals surface area (Å²) < 4.78 is 4.37. The SMILES string of the molecule is CC1c2nnc(-c3ccncn3)n2CCN1C(=O)c1cc2ncc(Br)cn2n1. The molecule has 1 aliphatic rings. The van der Waals surface area contributed by atoms with E-state index in [1.807, 2.05) is 11.5 Å². The summed E-state index contributed by atoms with van der Waals surface area (Å²) in [5, 5.41) is 13.0. The maximum absolute atomic E-state index is 13.1. The van der Waals surface area contributed by atoms with E-state index in [0.29, 0.717) is 35.9 Å². The second-order valence-corrected chi connectivity index (χ2v) is 7.32. The Hall–Kier alpha value is -3.21. The minimum Gasteiger partial charge on any atom is -0.325 e. The van der Waals surface area contributed by atoms with Crippen LogP contribution in [0.5, 0.6) is 0 Å². The molecule has 0 bridgehead atoms. The highest BCUT2D eigenvalue weighted by Crippen LogP contribution is 2.28. The molecule has 0 aliphatic carbocycles. The smallest absolute Gasteiger partial charge is 0.275 e. The molecule has 0 fully saturated rings. The summed E-state index contributed by atoms with van der Waals surface area (Å²) in [5.74, 6) is 1.24. The van der Waals surface area contributed by atoms with Crippen molar-refractivity contribution in [2.45, 2.75) is 19.5 Å². The Kier molecular flexibility index (Phi) is 3.90. The minimum atomic E-state index is -0.242. The van der Waals surface area contributed by atoms with Crippen LogP contribution in [0.3, 0.4) is 0 Å². The number of nitrogens with zero attached hydrogens (tertiary/aromatic N) is 9. The lowest BCUT2D eigenvalue weighted by molar-refractivity contribution is 0.0632. The van der Waals surface area contributed by atoms with Crippen LogP contribution in [0.25, 0.3) is 17.2 Å². The fourth-order valence-electron chi connectivity index (χ4n) is 3.38. The maximum Gasteiger partial charge on any atom is 0.275 e. The van der Waals surface area contributed by atoms with E-state index in [4.69, 9.17) is 0 Å². The number of amides is 1. The molecule has 4 aromatic heterocycles. The van der Waals surface area contributed by atoms with Gasteiger partial charge in [0.2, 0.25) is 0 Å². The van der Waals surface area contributed by atoms with Crippen LogP contribution < -0.4 is 0 Å². The lowest BCUT2D eigenvalue weighted by Gasteiger charge is -2.33.